The first-order valence-corrected chi connectivity index (χ1v) is 12.1. The van der Waals surface area contributed by atoms with E-state index in [1.807, 2.05) is 48.5 Å². The van der Waals surface area contributed by atoms with Crippen molar-refractivity contribution in [2.45, 2.75) is 33.2 Å². The second-order valence-corrected chi connectivity index (χ2v) is 8.86. The van der Waals surface area contributed by atoms with Gasteiger partial charge in [-0.3, -0.25) is 9.59 Å². The summed E-state index contributed by atoms with van der Waals surface area (Å²) in [7, 11) is 2.64. The molecular formula is C26H26N8O5. The van der Waals surface area contributed by atoms with Gasteiger partial charge in [-0.2, -0.15) is 0 Å². The number of methoxy groups -OCH3 is 2. The fourth-order valence-electron chi connectivity index (χ4n) is 4.51. The van der Waals surface area contributed by atoms with E-state index in [2.05, 4.69) is 25.6 Å². The molecule has 0 radical (unpaired) electrons. The van der Waals surface area contributed by atoms with Crippen LogP contribution in [0.1, 0.15) is 24.5 Å². The third-order valence-corrected chi connectivity index (χ3v) is 6.61. The lowest BCUT2D eigenvalue weighted by Crippen LogP contribution is -2.43. The molecule has 1 atom stereocenters. The Bertz CT molecular complexity index is 1770. The molecule has 0 bridgehead atoms. The first-order valence-electron chi connectivity index (χ1n) is 12.1. The number of hydrogen-bond acceptors (Lipinski definition) is 9. The van der Waals surface area contributed by atoms with Crippen LogP contribution in [0.3, 0.4) is 0 Å². The number of aromatic amines is 1. The van der Waals surface area contributed by atoms with E-state index in [1.54, 1.807) is 18.4 Å². The van der Waals surface area contributed by atoms with E-state index >= 15 is 0 Å². The van der Waals surface area contributed by atoms with Gasteiger partial charge in [0.2, 0.25) is 0 Å². The summed E-state index contributed by atoms with van der Waals surface area (Å²) >= 11 is 0. The molecular weight excluding hydrogens is 504 g/mol. The van der Waals surface area contributed by atoms with Crippen LogP contribution in [0.2, 0.25) is 0 Å². The molecule has 1 N–H and O–H groups in total. The lowest BCUT2D eigenvalue weighted by atomic mass is 9.98. The minimum atomic E-state index is -0.730. The Morgan fingerprint density at radius 2 is 1.74 bits per heavy atom. The lowest BCUT2D eigenvalue weighted by Gasteiger charge is -2.16. The maximum Gasteiger partial charge on any atom is 0.335 e. The van der Waals surface area contributed by atoms with E-state index in [9.17, 15) is 14.4 Å². The number of carbonyl (C=O) groups is 1. The number of fused-ring (bicyclic) bond motifs is 1. The number of benzene rings is 2. The molecule has 3 heterocycles. The van der Waals surface area contributed by atoms with Crippen molar-refractivity contribution in [1.29, 1.82) is 0 Å². The van der Waals surface area contributed by atoms with Crippen LogP contribution in [0.5, 0.6) is 0 Å². The maximum absolute atomic E-state index is 13.5. The predicted octanol–water partition coefficient (Wildman–Crippen LogP) is 1.90. The van der Waals surface area contributed by atoms with Crippen molar-refractivity contribution in [3.05, 3.63) is 80.8 Å². The molecule has 13 nitrogen and oxygen atoms in total. The molecule has 0 amide bonds. The van der Waals surface area contributed by atoms with Gasteiger partial charge in [0, 0.05) is 19.2 Å². The topological polar surface area (TPSA) is 152 Å². The first kappa shape index (κ1) is 25.7. The summed E-state index contributed by atoms with van der Waals surface area (Å²) in [5, 5.41) is 14.2. The van der Waals surface area contributed by atoms with Crippen molar-refractivity contribution >= 4 is 17.1 Å². The minimum Gasteiger partial charge on any atom is -0.468 e. The van der Waals surface area contributed by atoms with Crippen molar-refractivity contribution in [2.75, 3.05) is 14.2 Å². The Hall–Kier alpha value is -4.91. The van der Waals surface area contributed by atoms with Gasteiger partial charge < -0.3 is 14.0 Å². The SMILES string of the molecule is COC(=O)Cn1c(=O)c2c(nc(C)n2Cc2ccc(-c3ccccc3-c3nnn[nH]3)cc2)n(C(C)OC)c1=O. The van der Waals surface area contributed by atoms with Crippen LogP contribution >= 0.6 is 0 Å². The van der Waals surface area contributed by atoms with Crippen LogP contribution in [-0.2, 0) is 27.4 Å². The fourth-order valence-corrected chi connectivity index (χ4v) is 4.51. The summed E-state index contributed by atoms with van der Waals surface area (Å²) in [4.78, 5) is 43.2. The molecule has 0 aliphatic heterocycles. The average Bonchev–Trinajstić information content (AvgIpc) is 3.60. The number of carbonyl (C=O) groups excluding carboxylic acids is 1. The van der Waals surface area contributed by atoms with Gasteiger partial charge in [0.15, 0.2) is 17.0 Å². The van der Waals surface area contributed by atoms with E-state index in [4.69, 9.17) is 9.47 Å². The highest BCUT2D eigenvalue weighted by molar-refractivity contribution is 5.80. The smallest absolute Gasteiger partial charge is 0.335 e. The number of H-pyrrole nitrogens is 1. The number of nitrogens with one attached hydrogen (secondary N) is 1. The molecule has 13 heteroatoms. The summed E-state index contributed by atoms with van der Waals surface area (Å²) in [6.45, 7) is 3.20. The first-order chi connectivity index (χ1) is 18.8. The molecule has 5 rings (SSSR count). The predicted molar refractivity (Wildman–Crippen MR) is 141 cm³/mol. The summed E-state index contributed by atoms with van der Waals surface area (Å²) in [6, 6.07) is 15.6. The zero-order valence-electron chi connectivity index (χ0n) is 21.8. The molecule has 1 unspecified atom stereocenters. The van der Waals surface area contributed by atoms with Gasteiger partial charge >= 0.3 is 11.7 Å². The van der Waals surface area contributed by atoms with Crippen LogP contribution in [-0.4, -0.2) is 59.5 Å². The molecule has 0 aliphatic carbocycles. The van der Waals surface area contributed by atoms with Gasteiger partial charge in [0.05, 0.1) is 7.11 Å². The van der Waals surface area contributed by atoms with Gasteiger partial charge in [-0.25, -0.2) is 24.0 Å². The van der Waals surface area contributed by atoms with Crippen LogP contribution in [0.15, 0.2) is 58.1 Å². The van der Waals surface area contributed by atoms with E-state index in [-0.39, 0.29) is 11.2 Å². The number of imidazole rings is 1. The number of tetrazole rings is 1. The van der Waals surface area contributed by atoms with Crippen molar-refractivity contribution in [1.82, 2.24) is 39.3 Å². The number of aromatic nitrogens is 8. The molecule has 3 aromatic heterocycles. The quantitative estimate of drug-likeness (QED) is 0.297. The third kappa shape index (κ3) is 4.63. The van der Waals surface area contributed by atoms with Gasteiger partial charge in [-0.05, 0) is 41.0 Å². The van der Waals surface area contributed by atoms with Gasteiger partial charge in [-0.15, -0.1) is 5.10 Å². The third-order valence-electron chi connectivity index (χ3n) is 6.61. The van der Waals surface area contributed by atoms with Gasteiger partial charge in [-0.1, -0.05) is 48.5 Å². The maximum atomic E-state index is 13.5. The zero-order valence-corrected chi connectivity index (χ0v) is 21.8. The normalized spacial score (nSPS) is 12.1. The Balaban J connectivity index is 1.58. The second-order valence-electron chi connectivity index (χ2n) is 8.86. The molecule has 2 aromatic carbocycles. The monoisotopic (exact) mass is 530 g/mol. The highest BCUT2D eigenvalue weighted by Gasteiger charge is 2.24. The van der Waals surface area contributed by atoms with Crippen LogP contribution in [0.4, 0.5) is 0 Å². The highest BCUT2D eigenvalue weighted by Crippen LogP contribution is 2.30. The number of nitrogens with zero attached hydrogens (tertiary/aromatic N) is 7. The molecule has 200 valence electrons. The van der Waals surface area contributed by atoms with Crippen molar-refractivity contribution in [3.8, 4) is 22.5 Å². The fraction of sp³-hybridized carbons (Fsp3) is 0.269. The summed E-state index contributed by atoms with van der Waals surface area (Å²) in [5.41, 5.74) is 2.71. The Morgan fingerprint density at radius 1 is 1.03 bits per heavy atom. The number of esters is 1. The molecule has 0 spiro atoms. The molecule has 0 saturated heterocycles. The molecule has 39 heavy (non-hydrogen) atoms. The van der Waals surface area contributed by atoms with Crippen molar-refractivity contribution < 1.29 is 14.3 Å². The summed E-state index contributed by atoms with van der Waals surface area (Å²) in [5.74, 6) is 0.376. The second kappa shape index (κ2) is 10.5. The van der Waals surface area contributed by atoms with Gasteiger partial charge in [0.25, 0.3) is 5.56 Å². The van der Waals surface area contributed by atoms with Crippen molar-refractivity contribution in [2.24, 2.45) is 0 Å². The van der Waals surface area contributed by atoms with Crippen LogP contribution in [0.25, 0.3) is 33.7 Å². The van der Waals surface area contributed by atoms with E-state index < -0.39 is 30.0 Å². The molecule has 0 fully saturated rings. The largest absolute Gasteiger partial charge is 0.468 e. The van der Waals surface area contributed by atoms with E-state index in [0.717, 1.165) is 26.8 Å². The standard InChI is InChI=1S/C26H26N8O5/c1-15-27-24-22(25(36)33(14-21(35)39-4)26(37)34(24)16(2)38-3)32(15)13-17-9-11-18(12-10-17)19-7-5-6-8-20(19)23-28-30-31-29-23/h5-12,16H,13-14H2,1-4H3,(H,28,29,30,31). The highest BCUT2D eigenvalue weighted by atomic mass is 16.5. The average molecular weight is 531 g/mol. The Kier molecular flexibility index (Phi) is 6.90. The molecule has 0 aliphatic rings. The van der Waals surface area contributed by atoms with Gasteiger partial charge in [0.1, 0.15) is 18.6 Å². The number of ether oxygens (including phenoxy) is 2. The lowest BCUT2D eigenvalue weighted by molar-refractivity contribution is -0.141. The van der Waals surface area contributed by atoms with Crippen molar-refractivity contribution in [3.63, 3.8) is 0 Å². The number of hydrogen-bond donors (Lipinski definition) is 1. The zero-order chi connectivity index (χ0) is 27.7. The minimum absolute atomic E-state index is 0.184. The molecule has 5 aromatic rings. The Morgan fingerprint density at radius 3 is 2.38 bits per heavy atom. The van der Waals surface area contributed by atoms with E-state index in [1.165, 1.54) is 18.8 Å². The number of aryl methyl sites for hydroxylation is 1. The van der Waals surface area contributed by atoms with Crippen LogP contribution < -0.4 is 11.2 Å². The van der Waals surface area contributed by atoms with E-state index in [0.29, 0.717) is 18.2 Å². The van der Waals surface area contributed by atoms with Crippen LogP contribution in [0, 0.1) is 6.92 Å². The summed E-state index contributed by atoms with van der Waals surface area (Å²) in [6.07, 6.45) is -0.730. The summed E-state index contributed by atoms with van der Waals surface area (Å²) < 4.78 is 13.9. The Labute approximate surface area is 221 Å². The molecule has 0 saturated carbocycles. The number of rotatable bonds is 8.